The third-order valence-corrected chi connectivity index (χ3v) is 4.46. The fourth-order valence-electron chi connectivity index (χ4n) is 2.25. The van der Waals surface area contributed by atoms with E-state index in [9.17, 15) is 29.4 Å². The van der Waals surface area contributed by atoms with Crippen LogP contribution in [-0.2, 0) is 19.2 Å². The number of anilines is 1. The van der Waals surface area contributed by atoms with Crippen LogP contribution < -0.4 is 16.0 Å². The predicted molar refractivity (Wildman–Crippen MR) is 105 cm³/mol. The van der Waals surface area contributed by atoms with Crippen LogP contribution in [0, 0.1) is 0 Å². The molecule has 0 radical (unpaired) electrons. The van der Waals surface area contributed by atoms with Gasteiger partial charge in [-0.3, -0.25) is 24.1 Å². The Labute approximate surface area is 175 Å². The molecular formula is C16H20ClN3O8S. The molecule has 2 amide bonds. The molecule has 13 heteroatoms. The maximum atomic E-state index is 12.8. The topological polar surface area (TPSA) is 190 Å². The fraction of sp³-hybridized carbons (Fsp3) is 0.375. The highest BCUT2D eigenvalue weighted by Crippen LogP contribution is 2.41. The van der Waals surface area contributed by atoms with Crippen molar-refractivity contribution < 1.29 is 39.6 Å². The van der Waals surface area contributed by atoms with Crippen LogP contribution in [0.25, 0.3) is 0 Å². The van der Waals surface area contributed by atoms with Crippen LogP contribution in [-0.4, -0.2) is 68.6 Å². The number of hydrogen-bond donors (Lipinski definition) is 7. The van der Waals surface area contributed by atoms with Crippen molar-refractivity contribution in [1.82, 2.24) is 5.32 Å². The predicted octanol–water partition coefficient (Wildman–Crippen LogP) is -0.224. The minimum atomic E-state index is -1.45. The third-order valence-electron chi connectivity index (χ3n) is 3.72. The van der Waals surface area contributed by atoms with E-state index in [1.807, 2.05) is 0 Å². The van der Waals surface area contributed by atoms with E-state index in [1.165, 1.54) is 0 Å². The van der Waals surface area contributed by atoms with Crippen molar-refractivity contribution in [3.05, 3.63) is 17.2 Å². The van der Waals surface area contributed by atoms with Gasteiger partial charge in [-0.2, -0.15) is 12.6 Å². The standard InChI is InChI=1S/C16H20ClN3O8S/c17-13-9(21)2-3-10(22)14(13)20(5-12(24)25)15(26)8(6-29)19-11(23)4-1-7(18)16(27)28/h2-3,7-8,21-22,29H,1,4-6,18H2,(H,19,23)(H,24,25)(H,27,28). The van der Waals surface area contributed by atoms with Crippen molar-refractivity contribution in [2.75, 3.05) is 17.2 Å². The smallest absolute Gasteiger partial charge is 0.323 e. The molecular weight excluding hydrogens is 430 g/mol. The summed E-state index contributed by atoms with van der Waals surface area (Å²) in [6, 6.07) is -0.532. The molecule has 0 saturated carbocycles. The monoisotopic (exact) mass is 449 g/mol. The number of benzene rings is 1. The molecule has 2 atom stereocenters. The van der Waals surface area contributed by atoms with Crippen molar-refractivity contribution in [2.24, 2.45) is 5.73 Å². The summed E-state index contributed by atoms with van der Waals surface area (Å²) in [6.45, 7) is -0.931. The zero-order chi connectivity index (χ0) is 22.3. The number of aliphatic carboxylic acids is 2. The average molecular weight is 450 g/mol. The number of nitrogens with zero attached hydrogens (tertiary/aromatic N) is 1. The molecule has 0 aliphatic carbocycles. The summed E-state index contributed by atoms with van der Waals surface area (Å²) in [5.74, 6) is -5.74. The van der Waals surface area contributed by atoms with E-state index >= 15 is 0 Å². The summed E-state index contributed by atoms with van der Waals surface area (Å²) in [6.07, 6.45) is -0.491. The SMILES string of the molecule is NC(CCC(=O)NC(CS)C(=O)N(CC(=O)O)c1c(O)ccc(O)c1Cl)C(=O)O. The molecule has 1 rings (SSSR count). The normalized spacial score (nSPS) is 12.7. The second-order valence-corrected chi connectivity index (χ2v) is 6.61. The van der Waals surface area contributed by atoms with Crippen molar-refractivity contribution in [3.8, 4) is 11.5 Å². The van der Waals surface area contributed by atoms with E-state index in [4.69, 9.17) is 27.5 Å². The van der Waals surface area contributed by atoms with Gasteiger partial charge in [0.15, 0.2) is 0 Å². The van der Waals surface area contributed by atoms with Gasteiger partial charge in [0, 0.05) is 12.2 Å². The summed E-state index contributed by atoms with van der Waals surface area (Å²) >= 11 is 9.88. The number of aromatic hydroxyl groups is 2. The first kappa shape index (κ1) is 24.3. The first-order valence-electron chi connectivity index (χ1n) is 8.11. The number of rotatable bonds is 10. The van der Waals surface area contributed by atoms with Crippen LogP contribution in [0.1, 0.15) is 12.8 Å². The maximum Gasteiger partial charge on any atom is 0.323 e. The number of hydrogen-bond acceptors (Lipinski definition) is 8. The Morgan fingerprint density at radius 1 is 1.17 bits per heavy atom. The number of carboxylic acids is 2. The maximum absolute atomic E-state index is 12.8. The molecule has 0 aromatic heterocycles. The number of carboxylic acid groups (broad SMARTS) is 2. The van der Waals surface area contributed by atoms with Crippen molar-refractivity contribution in [2.45, 2.75) is 24.9 Å². The first-order valence-corrected chi connectivity index (χ1v) is 9.12. The Morgan fingerprint density at radius 2 is 1.76 bits per heavy atom. The van der Waals surface area contributed by atoms with Crippen molar-refractivity contribution in [3.63, 3.8) is 0 Å². The lowest BCUT2D eigenvalue weighted by atomic mass is 10.1. The summed E-state index contributed by atoms with van der Waals surface area (Å²) in [5.41, 5.74) is 4.86. The second-order valence-electron chi connectivity index (χ2n) is 5.87. The summed E-state index contributed by atoms with van der Waals surface area (Å²) in [5, 5.41) is 39.4. The van der Waals surface area contributed by atoms with Gasteiger partial charge < -0.3 is 31.5 Å². The Kier molecular flexibility index (Phi) is 9.01. The number of amides is 2. The number of phenolic OH excluding ortho intramolecular Hbond substituents is 2. The molecule has 0 aliphatic heterocycles. The highest BCUT2D eigenvalue weighted by atomic mass is 35.5. The molecule has 0 aliphatic rings. The zero-order valence-electron chi connectivity index (χ0n) is 14.9. The lowest BCUT2D eigenvalue weighted by molar-refractivity contribution is -0.139. The number of thiol groups is 1. The van der Waals surface area contributed by atoms with Crippen molar-refractivity contribution >= 4 is 53.7 Å². The number of nitrogens with two attached hydrogens (primary N) is 1. The van der Waals surface area contributed by atoms with E-state index in [1.54, 1.807) is 0 Å². The van der Waals surface area contributed by atoms with Gasteiger partial charge >= 0.3 is 11.9 Å². The zero-order valence-corrected chi connectivity index (χ0v) is 16.6. The number of phenols is 2. The van der Waals surface area contributed by atoms with E-state index in [0.29, 0.717) is 4.90 Å². The van der Waals surface area contributed by atoms with Gasteiger partial charge in [0.05, 0.1) is 0 Å². The summed E-state index contributed by atoms with van der Waals surface area (Å²) in [7, 11) is 0. The second kappa shape index (κ2) is 10.7. The quantitative estimate of drug-likeness (QED) is 0.187. The molecule has 0 bridgehead atoms. The van der Waals surface area contributed by atoms with Crippen LogP contribution in [0.4, 0.5) is 5.69 Å². The van der Waals surface area contributed by atoms with Crippen molar-refractivity contribution in [1.29, 1.82) is 0 Å². The van der Waals surface area contributed by atoms with Gasteiger partial charge in [0.1, 0.15) is 40.8 Å². The lowest BCUT2D eigenvalue weighted by Crippen LogP contribution is -2.51. The highest BCUT2D eigenvalue weighted by molar-refractivity contribution is 7.80. The molecule has 0 heterocycles. The highest BCUT2D eigenvalue weighted by Gasteiger charge is 2.31. The molecule has 0 fully saturated rings. The van der Waals surface area contributed by atoms with E-state index in [0.717, 1.165) is 12.1 Å². The average Bonchev–Trinajstić information content (AvgIpc) is 2.65. The number of carbonyl (C=O) groups excluding carboxylic acids is 2. The van der Waals surface area contributed by atoms with E-state index in [-0.39, 0.29) is 18.6 Å². The molecule has 11 nitrogen and oxygen atoms in total. The Morgan fingerprint density at radius 3 is 2.28 bits per heavy atom. The first-order chi connectivity index (χ1) is 13.5. The Balaban J connectivity index is 3.09. The Hall–Kier alpha value is -2.70. The van der Waals surface area contributed by atoms with Gasteiger partial charge in [-0.05, 0) is 18.6 Å². The van der Waals surface area contributed by atoms with Crippen LogP contribution in [0.2, 0.25) is 5.02 Å². The molecule has 0 saturated heterocycles. The number of nitrogens with one attached hydrogen (secondary N) is 1. The van der Waals surface area contributed by atoms with Crippen LogP contribution in [0.5, 0.6) is 11.5 Å². The Bertz CT molecular complexity index is 807. The molecule has 1 aromatic carbocycles. The van der Waals surface area contributed by atoms with Gasteiger partial charge in [0.25, 0.3) is 5.91 Å². The van der Waals surface area contributed by atoms with Crippen LogP contribution >= 0.6 is 24.2 Å². The van der Waals surface area contributed by atoms with Gasteiger partial charge in [-0.25, -0.2) is 0 Å². The fourth-order valence-corrected chi connectivity index (χ4v) is 2.76. The van der Waals surface area contributed by atoms with E-state index in [2.05, 4.69) is 17.9 Å². The number of carbonyl (C=O) groups is 4. The molecule has 7 N–H and O–H groups in total. The van der Waals surface area contributed by atoms with Crippen LogP contribution in [0.15, 0.2) is 12.1 Å². The van der Waals surface area contributed by atoms with E-state index < -0.39 is 64.6 Å². The van der Waals surface area contributed by atoms with Gasteiger partial charge in [-0.1, -0.05) is 11.6 Å². The molecule has 2 unspecified atom stereocenters. The molecule has 29 heavy (non-hydrogen) atoms. The van der Waals surface area contributed by atoms with Gasteiger partial charge in [-0.15, -0.1) is 0 Å². The van der Waals surface area contributed by atoms with Crippen LogP contribution in [0.3, 0.4) is 0 Å². The number of halogens is 1. The molecule has 160 valence electrons. The summed E-state index contributed by atoms with van der Waals surface area (Å²) < 4.78 is 0. The summed E-state index contributed by atoms with van der Waals surface area (Å²) in [4.78, 5) is 47.4. The molecule has 0 spiro atoms. The minimum absolute atomic E-state index is 0.188. The lowest BCUT2D eigenvalue weighted by Gasteiger charge is -2.27. The largest absolute Gasteiger partial charge is 0.506 e. The minimum Gasteiger partial charge on any atom is -0.506 e. The third kappa shape index (κ3) is 6.69. The molecule has 1 aromatic rings. The van der Waals surface area contributed by atoms with Gasteiger partial charge in [0.2, 0.25) is 5.91 Å².